The molecule has 4 rings (SSSR count). The second kappa shape index (κ2) is 7.82. The van der Waals surface area contributed by atoms with Crippen LogP contribution in [-0.4, -0.2) is 41.9 Å². The van der Waals surface area contributed by atoms with Crippen molar-refractivity contribution in [2.45, 2.75) is 45.5 Å². The van der Waals surface area contributed by atoms with Crippen molar-refractivity contribution in [3.05, 3.63) is 64.5 Å². The first-order chi connectivity index (χ1) is 14.7. The molecule has 0 bridgehead atoms. The minimum atomic E-state index is -4.60. The number of hydrogen-bond donors (Lipinski definition) is 0. The first kappa shape index (κ1) is 21.1. The van der Waals surface area contributed by atoms with Gasteiger partial charge < -0.3 is 9.47 Å². The molecule has 0 saturated carbocycles. The number of aryl methyl sites for hydroxylation is 2. The van der Waals surface area contributed by atoms with Crippen LogP contribution in [0.1, 0.15) is 46.6 Å². The highest BCUT2D eigenvalue weighted by Gasteiger charge is 2.43. The van der Waals surface area contributed by atoms with Crippen molar-refractivity contribution in [3.8, 4) is 0 Å². The summed E-state index contributed by atoms with van der Waals surface area (Å²) >= 11 is 0. The molecule has 31 heavy (non-hydrogen) atoms. The van der Waals surface area contributed by atoms with Gasteiger partial charge in [0.15, 0.2) is 5.82 Å². The average Bonchev–Trinajstić information content (AvgIpc) is 3.27. The number of halogens is 3. The highest BCUT2D eigenvalue weighted by atomic mass is 19.4. The van der Waals surface area contributed by atoms with Crippen molar-refractivity contribution in [2.24, 2.45) is 7.05 Å². The maximum atomic E-state index is 13.4. The van der Waals surface area contributed by atoms with Crippen molar-refractivity contribution >= 4 is 5.91 Å². The molecule has 0 N–H and O–H groups in total. The molecule has 0 radical (unpaired) electrons. The summed E-state index contributed by atoms with van der Waals surface area (Å²) in [6.45, 7) is 4.00. The molecule has 7 nitrogen and oxygen atoms in total. The van der Waals surface area contributed by atoms with E-state index in [9.17, 15) is 18.0 Å². The molecule has 1 aromatic carbocycles. The molecule has 0 saturated heterocycles. The lowest BCUT2D eigenvalue weighted by Crippen LogP contribution is -2.43. The summed E-state index contributed by atoms with van der Waals surface area (Å²) in [6.07, 6.45) is -3.85. The summed E-state index contributed by atoms with van der Waals surface area (Å²) in [4.78, 5) is 14.8. The van der Waals surface area contributed by atoms with E-state index in [-0.39, 0.29) is 31.2 Å². The lowest BCUT2D eigenvalue weighted by molar-refractivity contribution is -0.148. The van der Waals surface area contributed by atoms with E-state index in [0.717, 1.165) is 21.5 Å². The van der Waals surface area contributed by atoms with Gasteiger partial charge >= 0.3 is 6.18 Å². The fraction of sp³-hybridized carbons (Fsp3) is 0.429. The van der Waals surface area contributed by atoms with Crippen LogP contribution in [0.2, 0.25) is 0 Å². The zero-order chi connectivity index (χ0) is 22.3. The highest BCUT2D eigenvalue weighted by molar-refractivity contribution is 5.77. The lowest BCUT2D eigenvalue weighted by atomic mass is 10.0. The van der Waals surface area contributed by atoms with Crippen molar-refractivity contribution in [3.63, 3.8) is 0 Å². The first-order valence-electron chi connectivity index (χ1n) is 10.0. The quantitative estimate of drug-likeness (QED) is 0.635. The van der Waals surface area contributed by atoms with Gasteiger partial charge in [-0.05, 0) is 31.4 Å². The van der Waals surface area contributed by atoms with E-state index in [1.54, 1.807) is 33.8 Å². The molecule has 3 aromatic rings. The average molecular weight is 432 g/mol. The predicted octanol–water partition coefficient (Wildman–Crippen LogP) is 3.21. The van der Waals surface area contributed by atoms with Gasteiger partial charge in [0.2, 0.25) is 11.7 Å². The molecular weight excluding hydrogens is 409 g/mol. The largest absolute Gasteiger partial charge is 0.451 e. The molecule has 10 heteroatoms. The van der Waals surface area contributed by atoms with Gasteiger partial charge in [0.25, 0.3) is 0 Å². The van der Waals surface area contributed by atoms with Crippen LogP contribution in [0.5, 0.6) is 0 Å². The molecule has 1 atom stereocenters. The number of alkyl halides is 3. The Labute approximate surface area is 177 Å². The molecular formula is C21H23F3N6O. The fourth-order valence-corrected chi connectivity index (χ4v) is 4.21. The molecule has 1 aliphatic rings. The topological polar surface area (TPSA) is 68.8 Å². The van der Waals surface area contributed by atoms with Crippen LogP contribution in [0.15, 0.2) is 30.3 Å². The summed E-state index contributed by atoms with van der Waals surface area (Å²) in [6, 6.07) is 8.26. The van der Waals surface area contributed by atoms with Gasteiger partial charge in [0, 0.05) is 32.3 Å². The molecule has 0 fully saturated rings. The molecule has 0 aliphatic carbocycles. The Morgan fingerprint density at radius 2 is 1.84 bits per heavy atom. The van der Waals surface area contributed by atoms with Crippen molar-refractivity contribution < 1.29 is 18.0 Å². The molecule has 164 valence electrons. The number of aromatic nitrogens is 5. The Kier molecular flexibility index (Phi) is 5.32. The van der Waals surface area contributed by atoms with Gasteiger partial charge in [-0.2, -0.15) is 18.3 Å². The van der Waals surface area contributed by atoms with E-state index in [1.165, 1.54) is 0 Å². The van der Waals surface area contributed by atoms with Gasteiger partial charge in [-0.3, -0.25) is 9.48 Å². The summed E-state index contributed by atoms with van der Waals surface area (Å²) in [5.41, 5.74) is 3.59. The summed E-state index contributed by atoms with van der Waals surface area (Å²) < 4.78 is 43.0. The second-order valence-electron chi connectivity index (χ2n) is 7.70. The maximum absolute atomic E-state index is 13.4. The van der Waals surface area contributed by atoms with Crippen LogP contribution in [0.25, 0.3) is 0 Å². The smallest absolute Gasteiger partial charge is 0.327 e. The van der Waals surface area contributed by atoms with Crippen LogP contribution in [0.3, 0.4) is 0 Å². The summed E-state index contributed by atoms with van der Waals surface area (Å²) in [5, 5.41) is 11.6. The van der Waals surface area contributed by atoms with E-state index >= 15 is 0 Å². The number of hydrogen-bond acceptors (Lipinski definition) is 4. The number of carbonyl (C=O) groups excluding carboxylic acids is 1. The fourth-order valence-electron chi connectivity index (χ4n) is 4.21. The Bertz CT molecular complexity index is 1100. The van der Waals surface area contributed by atoms with Crippen molar-refractivity contribution in [1.29, 1.82) is 0 Å². The third-order valence-electron chi connectivity index (χ3n) is 5.84. The van der Waals surface area contributed by atoms with E-state index in [0.29, 0.717) is 12.0 Å². The van der Waals surface area contributed by atoms with Gasteiger partial charge in [-0.25, -0.2) is 0 Å². The zero-order valence-corrected chi connectivity index (χ0v) is 17.5. The predicted molar refractivity (Wildman–Crippen MR) is 106 cm³/mol. The van der Waals surface area contributed by atoms with E-state index in [1.807, 2.05) is 27.0 Å². The third kappa shape index (κ3) is 3.82. The van der Waals surface area contributed by atoms with Gasteiger partial charge in [0.1, 0.15) is 6.04 Å². The SMILES string of the molecule is Cc1nn(C)c(C)c1CCC(=O)N1CCn2c(nnc2C(F)(F)F)C1c1ccccc1. The number of nitrogens with zero attached hydrogens (tertiary/aromatic N) is 6. The number of carbonyl (C=O) groups is 1. The number of rotatable bonds is 4. The van der Waals surface area contributed by atoms with Crippen LogP contribution in [0, 0.1) is 13.8 Å². The minimum absolute atomic E-state index is 0.00278. The molecule has 0 spiro atoms. The third-order valence-corrected chi connectivity index (χ3v) is 5.84. The van der Waals surface area contributed by atoms with Crippen LogP contribution < -0.4 is 0 Å². The van der Waals surface area contributed by atoms with Gasteiger partial charge in [-0.1, -0.05) is 30.3 Å². The Morgan fingerprint density at radius 3 is 2.45 bits per heavy atom. The summed E-state index contributed by atoms with van der Waals surface area (Å²) in [7, 11) is 1.86. The monoisotopic (exact) mass is 432 g/mol. The van der Waals surface area contributed by atoms with E-state index in [4.69, 9.17) is 0 Å². The van der Waals surface area contributed by atoms with E-state index in [2.05, 4.69) is 15.3 Å². The molecule has 1 amide bonds. The lowest BCUT2D eigenvalue weighted by Gasteiger charge is -2.36. The maximum Gasteiger partial charge on any atom is 0.451 e. The number of amides is 1. The first-order valence-corrected chi connectivity index (χ1v) is 10.0. The van der Waals surface area contributed by atoms with Gasteiger partial charge in [-0.15, -0.1) is 10.2 Å². The van der Waals surface area contributed by atoms with Crippen molar-refractivity contribution in [1.82, 2.24) is 29.4 Å². The number of fused-ring (bicyclic) bond motifs is 1. The van der Waals surface area contributed by atoms with Crippen molar-refractivity contribution in [2.75, 3.05) is 6.54 Å². The molecule has 1 aliphatic heterocycles. The molecule has 2 aromatic heterocycles. The zero-order valence-electron chi connectivity index (χ0n) is 17.5. The van der Waals surface area contributed by atoms with Crippen LogP contribution in [-0.2, 0) is 31.0 Å². The van der Waals surface area contributed by atoms with E-state index < -0.39 is 18.0 Å². The van der Waals surface area contributed by atoms with Gasteiger partial charge in [0.05, 0.1) is 5.69 Å². The molecule has 1 unspecified atom stereocenters. The Hall–Kier alpha value is -3.17. The molecule has 3 heterocycles. The highest BCUT2D eigenvalue weighted by Crippen LogP contribution is 2.36. The Morgan fingerprint density at radius 1 is 1.13 bits per heavy atom. The Balaban J connectivity index is 1.65. The van der Waals surface area contributed by atoms with Crippen LogP contribution in [0.4, 0.5) is 13.2 Å². The second-order valence-corrected chi connectivity index (χ2v) is 7.70. The van der Waals surface area contributed by atoms with Crippen LogP contribution >= 0.6 is 0 Å². The summed E-state index contributed by atoms with van der Waals surface area (Å²) in [5.74, 6) is -1.04. The minimum Gasteiger partial charge on any atom is -0.327 e. The normalized spacial score (nSPS) is 16.5. The standard InChI is InChI=1S/C21H23F3N6O/c1-13-16(14(2)28(3)27-13)9-10-17(31)29-11-12-30-19(25-26-20(30)21(22,23)24)18(29)15-7-5-4-6-8-15/h4-8,18H,9-12H2,1-3H3. The number of benzene rings is 1.